The van der Waals surface area contributed by atoms with Crippen LogP contribution < -0.4 is 5.32 Å². The molecule has 2 aromatic rings. The van der Waals surface area contributed by atoms with Crippen molar-refractivity contribution in [2.24, 2.45) is 0 Å². The van der Waals surface area contributed by atoms with E-state index in [-0.39, 0.29) is 5.54 Å². The number of terminal acetylenes is 1. The van der Waals surface area contributed by atoms with E-state index in [2.05, 4.69) is 40.5 Å². The van der Waals surface area contributed by atoms with Crippen molar-refractivity contribution in [3.05, 3.63) is 36.0 Å². The van der Waals surface area contributed by atoms with Crippen molar-refractivity contribution < 1.29 is 0 Å². The third-order valence-corrected chi connectivity index (χ3v) is 2.77. The first-order valence-corrected chi connectivity index (χ1v) is 5.40. The van der Waals surface area contributed by atoms with Gasteiger partial charge in [-0.2, -0.15) is 0 Å². The molecule has 2 nitrogen and oxygen atoms in total. The standard InChI is InChI=1S/C14H16N2/c1-4-14(2,3)16-10-11-6-5-7-13-12(11)8-9-15-13/h1,5-9,15-16H,10H2,2-3H3. The van der Waals surface area contributed by atoms with E-state index < -0.39 is 0 Å². The number of fused-ring (bicyclic) bond motifs is 1. The zero-order valence-electron chi connectivity index (χ0n) is 9.67. The molecule has 1 heterocycles. The summed E-state index contributed by atoms with van der Waals surface area (Å²) in [5.74, 6) is 2.73. The van der Waals surface area contributed by atoms with Gasteiger partial charge in [-0.1, -0.05) is 18.1 Å². The quantitative estimate of drug-likeness (QED) is 0.752. The lowest BCUT2D eigenvalue weighted by molar-refractivity contribution is 0.492. The highest BCUT2D eigenvalue weighted by Gasteiger charge is 2.12. The number of benzene rings is 1. The smallest absolute Gasteiger partial charge is 0.0743 e. The lowest BCUT2D eigenvalue weighted by Gasteiger charge is -2.19. The number of H-pyrrole nitrogens is 1. The zero-order valence-corrected chi connectivity index (χ0v) is 9.67. The first-order valence-electron chi connectivity index (χ1n) is 5.40. The number of rotatable bonds is 3. The van der Waals surface area contributed by atoms with Crippen molar-refractivity contribution in [1.29, 1.82) is 0 Å². The molecule has 2 rings (SSSR count). The van der Waals surface area contributed by atoms with Crippen LogP contribution in [0.25, 0.3) is 10.9 Å². The molecule has 0 aliphatic heterocycles. The van der Waals surface area contributed by atoms with Crippen LogP contribution in [-0.2, 0) is 6.54 Å². The van der Waals surface area contributed by atoms with Crippen molar-refractivity contribution >= 4 is 10.9 Å². The molecule has 16 heavy (non-hydrogen) atoms. The van der Waals surface area contributed by atoms with Crippen molar-refractivity contribution in [2.45, 2.75) is 25.9 Å². The summed E-state index contributed by atoms with van der Waals surface area (Å²) in [6.07, 6.45) is 7.40. The van der Waals surface area contributed by atoms with Gasteiger partial charge in [0.05, 0.1) is 5.54 Å². The van der Waals surface area contributed by atoms with Gasteiger partial charge >= 0.3 is 0 Å². The van der Waals surface area contributed by atoms with Crippen LogP contribution in [0.3, 0.4) is 0 Å². The molecule has 0 aliphatic rings. The second-order valence-corrected chi connectivity index (χ2v) is 4.48. The zero-order chi connectivity index (χ0) is 11.6. The van der Waals surface area contributed by atoms with E-state index in [0.717, 1.165) is 12.1 Å². The summed E-state index contributed by atoms with van der Waals surface area (Å²) in [7, 11) is 0. The minimum atomic E-state index is -0.265. The van der Waals surface area contributed by atoms with Crippen LogP contribution in [0.15, 0.2) is 30.5 Å². The maximum Gasteiger partial charge on any atom is 0.0743 e. The number of hydrogen-bond donors (Lipinski definition) is 2. The SMILES string of the molecule is C#CC(C)(C)NCc1cccc2[nH]ccc12. The Hall–Kier alpha value is -1.72. The maximum absolute atomic E-state index is 5.44. The Balaban J connectivity index is 2.22. The Kier molecular flexibility index (Phi) is 2.72. The van der Waals surface area contributed by atoms with Crippen molar-refractivity contribution in [3.8, 4) is 12.3 Å². The highest BCUT2D eigenvalue weighted by atomic mass is 14.9. The lowest BCUT2D eigenvalue weighted by atomic mass is 10.1. The molecular weight excluding hydrogens is 196 g/mol. The minimum Gasteiger partial charge on any atom is -0.361 e. The van der Waals surface area contributed by atoms with Gasteiger partial charge in [0, 0.05) is 23.6 Å². The van der Waals surface area contributed by atoms with E-state index in [1.165, 1.54) is 10.9 Å². The second kappa shape index (κ2) is 4.03. The molecule has 0 amide bonds. The van der Waals surface area contributed by atoms with Crippen LogP contribution in [-0.4, -0.2) is 10.5 Å². The molecule has 1 aromatic carbocycles. The monoisotopic (exact) mass is 212 g/mol. The van der Waals surface area contributed by atoms with E-state index in [1.807, 2.05) is 20.0 Å². The van der Waals surface area contributed by atoms with Crippen LogP contribution in [0.1, 0.15) is 19.4 Å². The first-order chi connectivity index (χ1) is 7.62. The van der Waals surface area contributed by atoms with E-state index in [9.17, 15) is 0 Å². The number of aromatic nitrogens is 1. The third-order valence-electron chi connectivity index (χ3n) is 2.77. The number of nitrogens with one attached hydrogen (secondary N) is 2. The van der Waals surface area contributed by atoms with Gasteiger partial charge in [-0.05, 0) is 31.5 Å². The summed E-state index contributed by atoms with van der Waals surface area (Å²) >= 11 is 0. The predicted octanol–water partition coefficient (Wildman–Crippen LogP) is 2.67. The number of aromatic amines is 1. The van der Waals surface area contributed by atoms with Gasteiger partial charge in [-0.3, -0.25) is 5.32 Å². The minimum absolute atomic E-state index is 0.265. The second-order valence-electron chi connectivity index (χ2n) is 4.48. The molecule has 0 radical (unpaired) electrons. The van der Waals surface area contributed by atoms with E-state index >= 15 is 0 Å². The van der Waals surface area contributed by atoms with Crippen molar-refractivity contribution in [2.75, 3.05) is 0 Å². The summed E-state index contributed by atoms with van der Waals surface area (Å²) in [6, 6.07) is 8.34. The fourth-order valence-corrected chi connectivity index (χ4v) is 1.67. The van der Waals surface area contributed by atoms with Crippen molar-refractivity contribution in [1.82, 2.24) is 10.3 Å². The van der Waals surface area contributed by atoms with Gasteiger partial charge in [0.1, 0.15) is 0 Å². The van der Waals surface area contributed by atoms with Crippen LogP contribution in [0.5, 0.6) is 0 Å². The van der Waals surface area contributed by atoms with Crippen LogP contribution in [0, 0.1) is 12.3 Å². The van der Waals surface area contributed by atoms with E-state index in [1.54, 1.807) is 0 Å². The Morgan fingerprint density at radius 2 is 2.19 bits per heavy atom. The average molecular weight is 212 g/mol. The molecular formula is C14H16N2. The van der Waals surface area contributed by atoms with Gasteiger partial charge in [0.15, 0.2) is 0 Å². The van der Waals surface area contributed by atoms with Crippen LogP contribution in [0.2, 0.25) is 0 Å². The summed E-state index contributed by atoms with van der Waals surface area (Å²) in [6.45, 7) is 4.79. The molecule has 0 saturated carbocycles. The average Bonchev–Trinajstić information content (AvgIpc) is 2.75. The third kappa shape index (κ3) is 2.10. The fourth-order valence-electron chi connectivity index (χ4n) is 1.67. The summed E-state index contributed by atoms with van der Waals surface area (Å²) in [4.78, 5) is 3.20. The Morgan fingerprint density at radius 3 is 2.94 bits per heavy atom. The van der Waals surface area contributed by atoms with E-state index in [0.29, 0.717) is 0 Å². The summed E-state index contributed by atoms with van der Waals surface area (Å²) in [5, 5.41) is 4.61. The molecule has 0 aliphatic carbocycles. The Morgan fingerprint density at radius 1 is 1.38 bits per heavy atom. The summed E-state index contributed by atoms with van der Waals surface area (Å²) in [5.41, 5.74) is 2.17. The van der Waals surface area contributed by atoms with Gasteiger partial charge in [-0.15, -0.1) is 6.42 Å². The highest BCUT2D eigenvalue weighted by Crippen LogP contribution is 2.17. The largest absolute Gasteiger partial charge is 0.361 e. The van der Waals surface area contributed by atoms with Crippen LogP contribution in [0.4, 0.5) is 0 Å². The molecule has 0 bridgehead atoms. The molecule has 0 atom stereocenters. The normalized spacial score (nSPS) is 11.6. The first kappa shape index (κ1) is 10.8. The molecule has 82 valence electrons. The predicted molar refractivity (Wildman–Crippen MR) is 68.1 cm³/mol. The van der Waals surface area contributed by atoms with E-state index in [4.69, 9.17) is 6.42 Å². The maximum atomic E-state index is 5.44. The topological polar surface area (TPSA) is 27.8 Å². The molecule has 2 heteroatoms. The Bertz CT molecular complexity index is 529. The molecule has 0 fully saturated rings. The Labute approximate surface area is 96.1 Å². The molecule has 0 saturated heterocycles. The highest BCUT2D eigenvalue weighted by molar-refractivity contribution is 5.82. The van der Waals surface area contributed by atoms with Gasteiger partial charge in [-0.25, -0.2) is 0 Å². The fraction of sp³-hybridized carbons (Fsp3) is 0.286. The lowest BCUT2D eigenvalue weighted by Crippen LogP contribution is -2.36. The van der Waals surface area contributed by atoms with Gasteiger partial charge in [0.25, 0.3) is 0 Å². The van der Waals surface area contributed by atoms with Gasteiger partial charge in [0.2, 0.25) is 0 Å². The molecule has 0 unspecified atom stereocenters. The molecule has 0 spiro atoms. The van der Waals surface area contributed by atoms with Crippen molar-refractivity contribution in [3.63, 3.8) is 0 Å². The van der Waals surface area contributed by atoms with Crippen LogP contribution >= 0.6 is 0 Å². The van der Waals surface area contributed by atoms with Gasteiger partial charge < -0.3 is 4.98 Å². The number of hydrogen-bond acceptors (Lipinski definition) is 1. The summed E-state index contributed by atoms with van der Waals surface area (Å²) < 4.78 is 0. The molecule has 1 aromatic heterocycles. The molecule has 2 N–H and O–H groups in total.